The van der Waals surface area contributed by atoms with Crippen LogP contribution in [0.2, 0.25) is 0 Å². The zero-order chi connectivity index (χ0) is 20.5. The van der Waals surface area contributed by atoms with Gasteiger partial charge in [0, 0.05) is 12.8 Å². The number of rotatable bonds is 6. The smallest absolute Gasteiger partial charge is 0.334 e. The van der Waals surface area contributed by atoms with Gasteiger partial charge in [-0.1, -0.05) is 13.8 Å². The number of fused-ring (bicyclic) bond motifs is 1. The summed E-state index contributed by atoms with van der Waals surface area (Å²) >= 11 is 0. The lowest BCUT2D eigenvalue weighted by Crippen LogP contribution is -2.38. The highest BCUT2D eigenvalue weighted by Gasteiger charge is 2.26. The number of aromatic nitrogens is 3. The lowest BCUT2D eigenvalue weighted by atomic mass is 10.0. The third-order valence-electron chi connectivity index (χ3n) is 4.31. The van der Waals surface area contributed by atoms with E-state index in [2.05, 4.69) is 10.4 Å². The number of carboxylic acids is 1. The van der Waals surface area contributed by atoms with E-state index in [-0.39, 0.29) is 23.9 Å². The number of aryl methyl sites for hydroxylation is 1. The minimum absolute atomic E-state index is 0.121. The Bertz CT molecular complexity index is 865. The van der Waals surface area contributed by atoms with Gasteiger partial charge in [0.25, 0.3) is 5.91 Å². The highest BCUT2D eigenvalue weighted by molar-refractivity contribution is 6.06. The van der Waals surface area contributed by atoms with Crippen LogP contribution < -0.4 is 5.32 Å². The number of hydrogen-bond donors (Lipinski definition) is 2. The van der Waals surface area contributed by atoms with Crippen LogP contribution in [0.15, 0.2) is 6.07 Å². The molecule has 2 aromatic heterocycles. The first-order valence-corrected chi connectivity index (χ1v) is 8.92. The number of nitrogens with zero attached hydrogens (tertiary/aromatic N) is 3. The molecule has 0 saturated carbocycles. The Morgan fingerprint density at radius 1 is 1.33 bits per heavy atom. The average Bonchev–Trinajstić information content (AvgIpc) is 2.91. The van der Waals surface area contributed by atoms with Crippen molar-refractivity contribution in [3.05, 3.63) is 23.0 Å². The van der Waals surface area contributed by atoms with Crippen LogP contribution >= 0.6 is 0 Å². The molecule has 0 radical (unpaired) electrons. The Balaban J connectivity index is 2.56. The summed E-state index contributed by atoms with van der Waals surface area (Å²) in [6.45, 7) is 11.8. The van der Waals surface area contributed by atoms with E-state index in [1.807, 2.05) is 46.2 Å². The summed E-state index contributed by atoms with van der Waals surface area (Å²) in [7, 11) is 1.30. The van der Waals surface area contributed by atoms with Crippen molar-refractivity contribution in [3.8, 4) is 0 Å². The molecule has 0 bridgehead atoms. The summed E-state index contributed by atoms with van der Waals surface area (Å²) in [5, 5.41) is 17.0. The monoisotopic (exact) mass is 376 g/mol. The lowest BCUT2D eigenvalue weighted by Gasteiger charge is -2.20. The van der Waals surface area contributed by atoms with Gasteiger partial charge in [-0.2, -0.15) is 5.10 Å². The molecule has 0 aliphatic rings. The molecule has 27 heavy (non-hydrogen) atoms. The number of carbonyl (C=O) groups excluding carboxylic acids is 1. The highest BCUT2D eigenvalue weighted by atomic mass is 16.5. The summed E-state index contributed by atoms with van der Waals surface area (Å²) in [6, 6.07) is 1.76. The molecule has 1 amide bonds. The largest absolute Gasteiger partial charge is 0.479 e. The Labute approximate surface area is 158 Å². The SMILES string of the molecule is COC(CNC(=O)c1cc(C(C)C)nc2c1c(C)nn2C(C)(C)C)C(=O)O. The van der Waals surface area contributed by atoms with Crippen LogP contribution in [-0.2, 0) is 15.1 Å². The maximum absolute atomic E-state index is 12.9. The molecular formula is C19H28N4O4. The van der Waals surface area contributed by atoms with Crippen LogP contribution in [-0.4, -0.2) is 51.5 Å². The second-order valence-electron chi connectivity index (χ2n) is 7.89. The van der Waals surface area contributed by atoms with E-state index in [9.17, 15) is 9.59 Å². The van der Waals surface area contributed by atoms with Gasteiger partial charge in [0.15, 0.2) is 11.8 Å². The van der Waals surface area contributed by atoms with E-state index in [0.29, 0.717) is 22.3 Å². The van der Waals surface area contributed by atoms with Crippen molar-refractivity contribution in [2.24, 2.45) is 0 Å². The van der Waals surface area contributed by atoms with Gasteiger partial charge in [0.1, 0.15) is 0 Å². The van der Waals surface area contributed by atoms with Crippen LogP contribution in [0.3, 0.4) is 0 Å². The zero-order valence-electron chi connectivity index (χ0n) is 17.0. The van der Waals surface area contributed by atoms with Crippen LogP contribution in [0.4, 0.5) is 0 Å². The van der Waals surface area contributed by atoms with Gasteiger partial charge in [-0.3, -0.25) is 4.79 Å². The lowest BCUT2D eigenvalue weighted by molar-refractivity contribution is -0.148. The molecule has 8 heteroatoms. The summed E-state index contributed by atoms with van der Waals surface area (Å²) < 4.78 is 6.71. The fourth-order valence-corrected chi connectivity index (χ4v) is 2.80. The van der Waals surface area contributed by atoms with E-state index in [4.69, 9.17) is 14.8 Å². The van der Waals surface area contributed by atoms with Gasteiger partial charge in [0.05, 0.1) is 28.7 Å². The highest BCUT2D eigenvalue weighted by Crippen LogP contribution is 2.28. The van der Waals surface area contributed by atoms with Crippen LogP contribution in [0.25, 0.3) is 11.0 Å². The molecule has 148 valence electrons. The molecule has 0 aliphatic carbocycles. The Kier molecular flexibility index (Phi) is 5.89. The van der Waals surface area contributed by atoms with E-state index < -0.39 is 12.1 Å². The predicted molar refractivity (Wildman–Crippen MR) is 102 cm³/mol. The molecule has 1 atom stereocenters. The first-order chi connectivity index (χ1) is 12.5. The van der Waals surface area contributed by atoms with E-state index in [1.165, 1.54) is 7.11 Å². The van der Waals surface area contributed by atoms with Crippen molar-refractivity contribution in [2.45, 2.75) is 59.1 Å². The molecular weight excluding hydrogens is 348 g/mol. The number of ether oxygens (including phenoxy) is 1. The molecule has 0 saturated heterocycles. The van der Waals surface area contributed by atoms with Crippen molar-refractivity contribution in [3.63, 3.8) is 0 Å². The minimum Gasteiger partial charge on any atom is -0.479 e. The quantitative estimate of drug-likeness (QED) is 0.802. The third kappa shape index (κ3) is 4.27. The molecule has 0 fully saturated rings. The van der Waals surface area contributed by atoms with Gasteiger partial charge < -0.3 is 15.2 Å². The minimum atomic E-state index is -1.13. The van der Waals surface area contributed by atoms with Gasteiger partial charge >= 0.3 is 5.97 Å². The Morgan fingerprint density at radius 3 is 2.44 bits per heavy atom. The molecule has 0 aromatic carbocycles. The fourth-order valence-electron chi connectivity index (χ4n) is 2.80. The number of pyridine rings is 1. The maximum atomic E-state index is 12.9. The Hall–Kier alpha value is -2.48. The standard InChI is InChI=1S/C19H28N4O4/c1-10(2)13-8-12(17(24)20-9-14(27-7)18(25)26)15-11(3)22-23(16(15)21-13)19(4,5)6/h8,10,14H,9H2,1-7H3,(H,20,24)(H,25,26). The summed E-state index contributed by atoms with van der Waals surface area (Å²) in [5.74, 6) is -1.38. The number of hydrogen-bond acceptors (Lipinski definition) is 5. The topological polar surface area (TPSA) is 106 Å². The van der Waals surface area contributed by atoms with Crippen molar-refractivity contribution in [1.29, 1.82) is 0 Å². The van der Waals surface area contributed by atoms with Gasteiger partial charge in [-0.15, -0.1) is 0 Å². The summed E-state index contributed by atoms with van der Waals surface area (Å²) in [4.78, 5) is 28.7. The molecule has 1 unspecified atom stereocenters. The molecule has 2 N–H and O–H groups in total. The van der Waals surface area contributed by atoms with Crippen molar-refractivity contribution in [1.82, 2.24) is 20.1 Å². The number of carbonyl (C=O) groups is 2. The number of carboxylic acid groups (broad SMARTS) is 1. The van der Waals surface area contributed by atoms with Crippen LogP contribution in [0, 0.1) is 6.92 Å². The zero-order valence-corrected chi connectivity index (χ0v) is 17.0. The molecule has 0 aliphatic heterocycles. The van der Waals surface area contributed by atoms with E-state index in [0.717, 1.165) is 5.69 Å². The molecule has 8 nitrogen and oxygen atoms in total. The number of methoxy groups -OCH3 is 1. The van der Waals surface area contributed by atoms with E-state index in [1.54, 1.807) is 6.07 Å². The predicted octanol–water partition coefficient (Wildman–Crippen LogP) is 2.45. The molecule has 2 rings (SSSR count). The average molecular weight is 376 g/mol. The second-order valence-corrected chi connectivity index (χ2v) is 7.89. The Morgan fingerprint density at radius 2 is 1.96 bits per heavy atom. The normalized spacial score (nSPS) is 13.2. The second kappa shape index (κ2) is 7.64. The summed E-state index contributed by atoms with van der Waals surface area (Å²) in [6.07, 6.45) is -1.10. The molecule has 0 spiro atoms. The molecule has 2 aromatic rings. The van der Waals surface area contributed by atoms with Gasteiger partial charge in [0.2, 0.25) is 0 Å². The van der Waals surface area contributed by atoms with Crippen molar-refractivity contribution >= 4 is 22.9 Å². The number of nitrogens with one attached hydrogen (secondary N) is 1. The summed E-state index contributed by atoms with van der Waals surface area (Å²) in [5.41, 5.74) is 2.27. The number of amides is 1. The first-order valence-electron chi connectivity index (χ1n) is 8.92. The number of aliphatic carboxylic acids is 1. The van der Waals surface area contributed by atoms with Crippen molar-refractivity contribution in [2.75, 3.05) is 13.7 Å². The van der Waals surface area contributed by atoms with Gasteiger partial charge in [-0.25, -0.2) is 14.5 Å². The van der Waals surface area contributed by atoms with Crippen LogP contribution in [0.5, 0.6) is 0 Å². The van der Waals surface area contributed by atoms with E-state index >= 15 is 0 Å². The first kappa shape index (κ1) is 20.8. The van der Waals surface area contributed by atoms with Crippen LogP contribution in [0.1, 0.15) is 62.3 Å². The third-order valence-corrected chi connectivity index (χ3v) is 4.31. The fraction of sp³-hybridized carbons (Fsp3) is 0.579. The van der Waals surface area contributed by atoms with Crippen molar-refractivity contribution < 1.29 is 19.4 Å². The maximum Gasteiger partial charge on any atom is 0.334 e. The molecule has 2 heterocycles. The van der Waals surface area contributed by atoms with Gasteiger partial charge in [-0.05, 0) is 39.7 Å².